The standard InChI is InChI=1S/C27H32N2O7/c1-17(14-27(2)35-11-12-36-27)15-28-25(32)23(13-24(30)31)29-26(33)34-16-22-20-9-5-3-7-18(20)19-8-4-6-10-21(19)22/h3-10,17,22-23H,11-16H2,1-2H3,(H,28,32)(H,29,33)(H,30,31). The van der Waals surface area contributed by atoms with Crippen LogP contribution < -0.4 is 10.6 Å². The van der Waals surface area contributed by atoms with E-state index < -0.39 is 36.2 Å². The van der Waals surface area contributed by atoms with Gasteiger partial charge in [-0.3, -0.25) is 9.59 Å². The first-order valence-corrected chi connectivity index (χ1v) is 12.1. The van der Waals surface area contributed by atoms with Gasteiger partial charge in [-0.15, -0.1) is 0 Å². The van der Waals surface area contributed by atoms with Crippen LogP contribution in [0.15, 0.2) is 48.5 Å². The molecule has 2 aromatic carbocycles. The number of alkyl carbamates (subject to hydrolysis) is 1. The van der Waals surface area contributed by atoms with Crippen LogP contribution in [-0.4, -0.2) is 61.3 Å². The Balaban J connectivity index is 1.32. The number of aliphatic carboxylic acids is 1. The molecule has 9 nitrogen and oxygen atoms in total. The largest absolute Gasteiger partial charge is 0.481 e. The summed E-state index contributed by atoms with van der Waals surface area (Å²) in [5, 5.41) is 14.4. The fraction of sp³-hybridized carbons (Fsp3) is 0.444. The summed E-state index contributed by atoms with van der Waals surface area (Å²) in [7, 11) is 0. The van der Waals surface area contributed by atoms with Crippen molar-refractivity contribution in [1.29, 1.82) is 0 Å². The first-order chi connectivity index (χ1) is 17.3. The van der Waals surface area contributed by atoms with E-state index >= 15 is 0 Å². The molecule has 2 amide bonds. The number of amides is 2. The van der Waals surface area contributed by atoms with E-state index in [1.54, 1.807) is 0 Å². The minimum Gasteiger partial charge on any atom is -0.481 e. The van der Waals surface area contributed by atoms with E-state index in [0.29, 0.717) is 19.6 Å². The van der Waals surface area contributed by atoms with E-state index in [1.165, 1.54) is 0 Å². The van der Waals surface area contributed by atoms with E-state index in [2.05, 4.69) is 10.6 Å². The minimum atomic E-state index is -1.26. The summed E-state index contributed by atoms with van der Waals surface area (Å²) in [5.41, 5.74) is 4.32. The molecule has 36 heavy (non-hydrogen) atoms. The van der Waals surface area contributed by atoms with Gasteiger partial charge in [-0.2, -0.15) is 0 Å². The van der Waals surface area contributed by atoms with Gasteiger partial charge in [-0.1, -0.05) is 55.5 Å². The Labute approximate surface area is 210 Å². The molecule has 2 aliphatic rings. The van der Waals surface area contributed by atoms with Gasteiger partial charge in [0.15, 0.2) is 5.79 Å². The summed E-state index contributed by atoms with van der Waals surface area (Å²) in [5.74, 6) is -2.61. The smallest absolute Gasteiger partial charge is 0.407 e. The zero-order chi connectivity index (χ0) is 25.7. The SMILES string of the molecule is CC(CNC(=O)C(CC(=O)O)NC(=O)OCC1c2ccccc2-c2ccccc21)CC1(C)OCCO1. The Bertz CT molecular complexity index is 1070. The van der Waals surface area contributed by atoms with Gasteiger partial charge in [-0.05, 0) is 35.1 Å². The summed E-state index contributed by atoms with van der Waals surface area (Å²) in [4.78, 5) is 36.6. The molecule has 2 unspecified atom stereocenters. The minimum absolute atomic E-state index is 0.0111. The molecule has 3 N–H and O–H groups in total. The monoisotopic (exact) mass is 496 g/mol. The topological polar surface area (TPSA) is 123 Å². The summed E-state index contributed by atoms with van der Waals surface area (Å²) in [6.45, 7) is 5.19. The molecular weight excluding hydrogens is 464 g/mol. The maximum Gasteiger partial charge on any atom is 0.407 e. The molecule has 2 aromatic rings. The van der Waals surface area contributed by atoms with Crippen LogP contribution >= 0.6 is 0 Å². The Morgan fingerprint density at radius 3 is 2.22 bits per heavy atom. The van der Waals surface area contributed by atoms with E-state index in [1.807, 2.05) is 62.4 Å². The molecule has 1 saturated heterocycles. The second-order valence-corrected chi connectivity index (χ2v) is 9.51. The molecule has 1 heterocycles. The Morgan fingerprint density at radius 2 is 1.64 bits per heavy atom. The van der Waals surface area contributed by atoms with E-state index in [4.69, 9.17) is 14.2 Å². The van der Waals surface area contributed by atoms with Crippen molar-refractivity contribution >= 4 is 18.0 Å². The van der Waals surface area contributed by atoms with Gasteiger partial charge in [0, 0.05) is 18.9 Å². The molecule has 2 atom stereocenters. The second-order valence-electron chi connectivity index (χ2n) is 9.51. The predicted molar refractivity (Wildman–Crippen MR) is 131 cm³/mol. The van der Waals surface area contributed by atoms with Crippen molar-refractivity contribution in [2.75, 3.05) is 26.4 Å². The molecule has 192 valence electrons. The summed E-state index contributed by atoms with van der Waals surface area (Å²) in [6.07, 6.45) is -0.836. The van der Waals surface area contributed by atoms with E-state index in [0.717, 1.165) is 22.3 Å². The zero-order valence-electron chi connectivity index (χ0n) is 20.5. The lowest BCUT2D eigenvalue weighted by atomic mass is 9.98. The number of carboxylic acids is 1. The molecule has 0 spiro atoms. The van der Waals surface area contributed by atoms with Crippen LogP contribution in [0.1, 0.15) is 43.7 Å². The highest BCUT2D eigenvalue weighted by Gasteiger charge is 2.33. The van der Waals surface area contributed by atoms with Crippen molar-refractivity contribution in [1.82, 2.24) is 10.6 Å². The van der Waals surface area contributed by atoms with Crippen LogP contribution in [0.2, 0.25) is 0 Å². The molecule has 0 saturated carbocycles. The van der Waals surface area contributed by atoms with Crippen molar-refractivity contribution in [3.05, 3.63) is 59.7 Å². The number of hydrogen-bond acceptors (Lipinski definition) is 6. The quantitative estimate of drug-likeness (QED) is 0.461. The van der Waals surface area contributed by atoms with Gasteiger partial charge in [0.25, 0.3) is 0 Å². The summed E-state index contributed by atoms with van der Waals surface area (Å²) < 4.78 is 16.7. The molecule has 1 fully saturated rings. The highest BCUT2D eigenvalue weighted by atomic mass is 16.7. The number of carbonyl (C=O) groups excluding carboxylic acids is 2. The Kier molecular flexibility index (Phi) is 7.91. The average molecular weight is 497 g/mol. The summed E-state index contributed by atoms with van der Waals surface area (Å²) in [6, 6.07) is 14.6. The number of carboxylic acid groups (broad SMARTS) is 1. The zero-order valence-corrected chi connectivity index (χ0v) is 20.5. The fourth-order valence-electron chi connectivity index (χ4n) is 4.94. The molecule has 0 bridgehead atoms. The number of rotatable bonds is 10. The molecule has 1 aliphatic heterocycles. The number of fused-ring (bicyclic) bond motifs is 3. The van der Waals surface area contributed by atoms with Crippen LogP contribution in [0.5, 0.6) is 0 Å². The highest BCUT2D eigenvalue weighted by Crippen LogP contribution is 2.44. The predicted octanol–water partition coefficient (Wildman–Crippen LogP) is 3.27. The van der Waals surface area contributed by atoms with Crippen molar-refractivity contribution < 1.29 is 33.7 Å². The van der Waals surface area contributed by atoms with Gasteiger partial charge >= 0.3 is 12.1 Å². The van der Waals surface area contributed by atoms with E-state index in [-0.39, 0.29) is 25.0 Å². The van der Waals surface area contributed by atoms with Crippen molar-refractivity contribution in [2.45, 2.75) is 44.4 Å². The number of ether oxygens (including phenoxy) is 3. The number of nitrogens with one attached hydrogen (secondary N) is 2. The molecule has 0 aromatic heterocycles. The normalized spacial score (nSPS) is 17.5. The lowest BCUT2D eigenvalue weighted by Gasteiger charge is -2.26. The third-order valence-electron chi connectivity index (χ3n) is 6.57. The Hall–Kier alpha value is -3.43. The lowest BCUT2D eigenvalue weighted by Crippen LogP contribution is -2.49. The maximum atomic E-state index is 12.7. The molecular formula is C27H32N2O7. The molecule has 1 aliphatic carbocycles. The van der Waals surface area contributed by atoms with Gasteiger partial charge < -0.3 is 30.0 Å². The van der Waals surface area contributed by atoms with Gasteiger partial charge in [-0.25, -0.2) is 4.79 Å². The number of benzene rings is 2. The Morgan fingerprint density at radius 1 is 1.06 bits per heavy atom. The van der Waals surface area contributed by atoms with Crippen molar-refractivity contribution in [3.8, 4) is 11.1 Å². The number of carbonyl (C=O) groups is 3. The third kappa shape index (κ3) is 6.03. The van der Waals surface area contributed by atoms with E-state index in [9.17, 15) is 19.5 Å². The second kappa shape index (κ2) is 11.1. The maximum absolute atomic E-state index is 12.7. The third-order valence-corrected chi connectivity index (χ3v) is 6.57. The first kappa shape index (κ1) is 25.7. The van der Waals surface area contributed by atoms with Gasteiger partial charge in [0.2, 0.25) is 5.91 Å². The van der Waals surface area contributed by atoms with Crippen LogP contribution in [0.4, 0.5) is 4.79 Å². The first-order valence-electron chi connectivity index (χ1n) is 12.1. The molecule has 0 radical (unpaired) electrons. The molecule has 9 heteroatoms. The van der Waals surface area contributed by atoms with Gasteiger partial charge in [0.05, 0.1) is 19.6 Å². The van der Waals surface area contributed by atoms with Gasteiger partial charge in [0.1, 0.15) is 12.6 Å². The van der Waals surface area contributed by atoms with Crippen molar-refractivity contribution in [3.63, 3.8) is 0 Å². The van der Waals surface area contributed by atoms with Crippen LogP contribution in [0, 0.1) is 5.92 Å². The van der Waals surface area contributed by atoms with Crippen LogP contribution in [-0.2, 0) is 23.8 Å². The highest BCUT2D eigenvalue weighted by molar-refractivity contribution is 5.89. The van der Waals surface area contributed by atoms with Crippen LogP contribution in [0.3, 0.4) is 0 Å². The number of hydrogen-bond donors (Lipinski definition) is 3. The average Bonchev–Trinajstić information content (AvgIpc) is 3.41. The van der Waals surface area contributed by atoms with Crippen molar-refractivity contribution in [2.24, 2.45) is 5.92 Å². The fourth-order valence-corrected chi connectivity index (χ4v) is 4.94. The summed E-state index contributed by atoms with van der Waals surface area (Å²) >= 11 is 0. The van der Waals surface area contributed by atoms with Crippen LogP contribution in [0.25, 0.3) is 11.1 Å². The molecule has 4 rings (SSSR count). The lowest BCUT2D eigenvalue weighted by molar-refractivity contribution is -0.154.